The van der Waals surface area contributed by atoms with Crippen LogP contribution in [0.2, 0.25) is 0 Å². The lowest BCUT2D eigenvalue weighted by Crippen LogP contribution is -2.05. The Morgan fingerprint density at radius 3 is 2.00 bits per heavy atom. The van der Waals surface area contributed by atoms with Crippen LogP contribution in [0.25, 0.3) is 0 Å². The molecular formula is C11H18O. The van der Waals surface area contributed by atoms with Gasteiger partial charge in [0.05, 0.1) is 7.11 Å². The van der Waals surface area contributed by atoms with Gasteiger partial charge in [-0.15, -0.1) is 0 Å². The summed E-state index contributed by atoms with van der Waals surface area (Å²) in [4.78, 5) is 0. The van der Waals surface area contributed by atoms with E-state index in [-0.39, 0.29) is 5.41 Å². The van der Waals surface area contributed by atoms with Crippen LogP contribution in [0, 0.1) is 5.41 Å². The average Bonchev–Trinajstić information content (AvgIpc) is 1.97. The third kappa shape index (κ3) is 4.02. The zero-order chi connectivity index (χ0) is 9.78. The van der Waals surface area contributed by atoms with Gasteiger partial charge in [-0.05, 0) is 17.1 Å². The Balaban J connectivity index is 4.19. The minimum Gasteiger partial charge on any atom is -0.497 e. The number of ether oxygens (including phenoxy) is 1. The largest absolute Gasteiger partial charge is 0.497 e. The Labute approximate surface area is 75.4 Å². The quantitative estimate of drug-likeness (QED) is 0.461. The SMILES string of the molecule is C=C(C=CC(=C)C(C)(C)C)OC. The van der Waals surface area contributed by atoms with Crippen molar-refractivity contribution in [2.45, 2.75) is 20.8 Å². The van der Waals surface area contributed by atoms with Crippen molar-refractivity contribution in [2.75, 3.05) is 7.11 Å². The maximum atomic E-state index is 4.89. The summed E-state index contributed by atoms with van der Waals surface area (Å²) in [5, 5.41) is 0. The van der Waals surface area contributed by atoms with Crippen LogP contribution < -0.4 is 0 Å². The van der Waals surface area contributed by atoms with Gasteiger partial charge in [0.15, 0.2) is 0 Å². The van der Waals surface area contributed by atoms with Gasteiger partial charge in [0.2, 0.25) is 0 Å². The number of hydrogen-bond donors (Lipinski definition) is 0. The molecule has 0 aromatic carbocycles. The first-order chi connectivity index (χ1) is 5.38. The fourth-order valence-electron chi connectivity index (χ4n) is 0.512. The molecule has 0 amide bonds. The molecule has 0 saturated heterocycles. The molecule has 1 heteroatoms. The third-order valence-electron chi connectivity index (χ3n) is 1.70. The summed E-state index contributed by atoms with van der Waals surface area (Å²) < 4.78 is 4.89. The predicted molar refractivity (Wildman–Crippen MR) is 53.9 cm³/mol. The van der Waals surface area contributed by atoms with Gasteiger partial charge in [0.1, 0.15) is 5.76 Å². The maximum Gasteiger partial charge on any atom is 0.111 e. The summed E-state index contributed by atoms with van der Waals surface area (Å²) in [6, 6.07) is 0. The van der Waals surface area contributed by atoms with E-state index in [9.17, 15) is 0 Å². The van der Waals surface area contributed by atoms with Gasteiger partial charge in [0, 0.05) is 0 Å². The predicted octanol–water partition coefficient (Wildman–Crippen LogP) is 3.31. The monoisotopic (exact) mass is 166 g/mol. The zero-order valence-corrected chi connectivity index (χ0v) is 8.48. The second kappa shape index (κ2) is 4.15. The molecule has 0 aliphatic rings. The molecule has 0 saturated carbocycles. The Kier molecular flexibility index (Phi) is 3.81. The Hall–Kier alpha value is -0.980. The Bertz CT molecular complexity index is 204. The highest BCUT2D eigenvalue weighted by Gasteiger charge is 2.11. The molecule has 0 fully saturated rings. The topological polar surface area (TPSA) is 9.23 Å². The van der Waals surface area contributed by atoms with Gasteiger partial charge >= 0.3 is 0 Å². The van der Waals surface area contributed by atoms with Crippen molar-refractivity contribution < 1.29 is 4.74 Å². The molecule has 0 bridgehead atoms. The Morgan fingerprint density at radius 2 is 1.67 bits per heavy atom. The van der Waals surface area contributed by atoms with Crippen molar-refractivity contribution in [3.8, 4) is 0 Å². The minimum atomic E-state index is 0.116. The van der Waals surface area contributed by atoms with Crippen LogP contribution in [-0.2, 0) is 4.74 Å². The molecule has 0 rings (SSSR count). The summed E-state index contributed by atoms with van der Waals surface area (Å²) in [5.74, 6) is 0.653. The van der Waals surface area contributed by atoms with E-state index in [2.05, 4.69) is 33.9 Å². The molecule has 0 aromatic heterocycles. The van der Waals surface area contributed by atoms with Crippen molar-refractivity contribution >= 4 is 0 Å². The van der Waals surface area contributed by atoms with Crippen LogP contribution in [0.15, 0.2) is 36.6 Å². The molecule has 0 aromatic rings. The smallest absolute Gasteiger partial charge is 0.111 e. The molecule has 12 heavy (non-hydrogen) atoms. The highest BCUT2D eigenvalue weighted by atomic mass is 16.5. The summed E-state index contributed by atoms with van der Waals surface area (Å²) in [7, 11) is 1.60. The molecule has 68 valence electrons. The van der Waals surface area contributed by atoms with E-state index < -0.39 is 0 Å². The van der Waals surface area contributed by atoms with E-state index in [0.29, 0.717) is 5.76 Å². The van der Waals surface area contributed by atoms with Crippen LogP contribution in [0.3, 0.4) is 0 Å². The van der Waals surface area contributed by atoms with E-state index in [1.54, 1.807) is 7.11 Å². The van der Waals surface area contributed by atoms with Gasteiger partial charge in [-0.1, -0.05) is 40.0 Å². The van der Waals surface area contributed by atoms with E-state index in [4.69, 9.17) is 4.74 Å². The van der Waals surface area contributed by atoms with Crippen molar-refractivity contribution in [2.24, 2.45) is 5.41 Å². The lowest BCUT2D eigenvalue weighted by molar-refractivity contribution is 0.308. The normalized spacial score (nSPS) is 11.7. The van der Waals surface area contributed by atoms with Crippen molar-refractivity contribution in [1.29, 1.82) is 0 Å². The van der Waals surface area contributed by atoms with Gasteiger partial charge < -0.3 is 4.74 Å². The van der Waals surface area contributed by atoms with E-state index in [1.807, 2.05) is 12.2 Å². The molecule has 0 spiro atoms. The number of hydrogen-bond acceptors (Lipinski definition) is 1. The first-order valence-corrected chi connectivity index (χ1v) is 3.98. The molecular weight excluding hydrogens is 148 g/mol. The lowest BCUT2D eigenvalue weighted by Gasteiger charge is -2.18. The van der Waals surface area contributed by atoms with E-state index >= 15 is 0 Å². The van der Waals surface area contributed by atoms with Gasteiger partial charge in [-0.3, -0.25) is 0 Å². The molecule has 0 heterocycles. The fourth-order valence-corrected chi connectivity index (χ4v) is 0.512. The average molecular weight is 166 g/mol. The second-order valence-electron chi connectivity index (χ2n) is 3.78. The standard InChI is InChI=1S/C11H18O/c1-9(11(3,4)5)7-8-10(2)12-6/h7-8H,1-2H2,3-6H3. The summed E-state index contributed by atoms with van der Waals surface area (Å²) >= 11 is 0. The molecule has 0 N–H and O–H groups in total. The molecule has 1 nitrogen and oxygen atoms in total. The summed E-state index contributed by atoms with van der Waals surface area (Å²) in [5.41, 5.74) is 1.19. The molecule has 0 atom stereocenters. The summed E-state index contributed by atoms with van der Waals surface area (Å²) in [6.07, 6.45) is 3.76. The number of allylic oxidation sites excluding steroid dienone is 3. The molecule has 0 radical (unpaired) electrons. The van der Waals surface area contributed by atoms with Gasteiger partial charge in [-0.2, -0.15) is 0 Å². The van der Waals surface area contributed by atoms with Crippen molar-refractivity contribution in [1.82, 2.24) is 0 Å². The van der Waals surface area contributed by atoms with Crippen LogP contribution >= 0.6 is 0 Å². The zero-order valence-electron chi connectivity index (χ0n) is 8.48. The van der Waals surface area contributed by atoms with Crippen LogP contribution in [0.1, 0.15) is 20.8 Å². The first kappa shape index (κ1) is 11.0. The van der Waals surface area contributed by atoms with Crippen LogP contribution in [0.4, 0.5) is 0 Å². The number of methoxy groups -OCH3 is 1. The minimum absolute atomic E-state index is 0.116. The van der Waals surface area contributed by atoms with E-state index in [1.165, 1.54) is 0 Å². The van der Waals surface area contributed by atoms with Crippen molar-refractivity contribution in [3.05, 3.63) is 36.6 Å². The van der Waals surface area contributed by atoms with Crippen molar-refractivity contribution in [3.63, 3.8) is 0 Å². The highest BCUT2D eigenvalue weighted by Crippen LogP contribution is 2.24. The van der Waals surface area contributed by atoms with Crippen LogP contribution in [-0.4, -0.2) is 7.11 Å². The molecule has 0 aliphatic carbocycles. The Morgan fingerprint density at radius 1 is 1.17 bits per heavy atom. The third-order valence-corrected chi connectivity index (χ3v) is 1.70. The van der Waals surface area contributed by atoms with E-state index in [0.717, 1.165) is 5.57 Å². The second-order valence-corrected chi connectivity index (χ2v) is 3.78. The first-order valence-electron chi connectivity index (χ1n) is 3.98. The molecule has 0 unspecified atom stereocenters. The maximum absolute atomic E-state index is 4.89. The van der Waals surface area contributed by atoms with Gasteiger partial charge in [-0.25, -0.2) is 0 Å². The van der Waals surface area contributed by atoms with Gasteiger partial charge in [0.25, 0.3) is 0 Å². The lowest BCUT2D eigenvalue weighted by atomic mass is 9.87. The fraction of sp³-hybridized carbons (Fsp3) is 0.455. The van der Waals surface area contributed by atoms with Crippen LogP contribution in [0.5, 0.6) is 0 Å². The highest BCUT2D eigenvalue weighted by molar-refractivity contribution is 5.25. The summed E-state index contributed by atoms with van der Waals surface area (Å²) in [6.45, 7) is 14.0. The number of rotatable bonds is 3. The molecule has 0 aliphatic heterocycles.